The van der Waals surface area contributed by atoms with E-state index in [1.807, 2.05) is 67.6 Å². The molecule has 9 nitrogen and oxygen atoms in total. The number of hydrogen-bond acceptors (Lipinski definition) is 5. The molecule has 6 aromatic rings. The number of aryl methyl sites for hydroxylation is 1. The third-order valence-electron chi connectivity index (χ3n) is 6.47. The molecule has 0 bridgehead atoms. The fourth-order valence-corrected chi connectivity index (χ4v) is 4.78. The van der Waals surface area contributed by atoms with Gasteiger partial charge in [-0.25, -0.2) is 9.50 Å². The number of pyridine rings is 1. The zero-order valence-electron chi connectivity index (χ0n) is 20.2. The fraction of sp³-hybridized carbons (Fsp3) is 0.107. The van der Waals surface area contributed by atoms with E-state index in [-0.39, 0.29) is 11.5 Å². The number of H-pyrrole nitrogens is 1. The van der Waals surface area contributed by atoms with Crippen molar-refractivity contribution < 1.29 is 4.79 Å². The van der Waals surface area contributed by atoms with Crippen molar-refractivity contribution in [1.29, 1.82) is 0 Å². The first-order chi connectivity index (χ1) is 18.0. The number of benzene rings is 2. The molecule has 37 heavy (non-hydrogen) atoms. The first-order valence-corrected chi connectivity index (χ1v) is 11.9. The summed E-state index contributed by atoms with van der Waals surface area (Å²) in [5, 5.41) is 15.8. The highest BCUT2D eigenvalue weighted by Gasteiger charge is 2.23. The lowest BCUT2D eigenvalue weighted by Crippen LogP contribution is -2.32. The van der Waals surface area contributed by atoms with Gasteiger partial charge in [0.25, 0.3) is 11.5 Å². The van der Waals surface area contributed by atoms with Crippen LogP contribution < -0.4 is 10.9 Å². The molecule has 0 spiro atoms. The number of carbonyl (C=O) groups excluding carboxylic acids is 1. The van der Waals surface area contributed by atoms with Crippen LogP contribution in [0.5, 0.6) is 0 Å². The zero-order chi connectivity index (χ0) is 25.5. The second-order valence-corrected chi connectivity index (χ2v) is 8.83. The Kier molecular flexibility index (Phi) is 5.37. The third kappa shape index (κ3) is 3.77. The molecule has 0 unspecified atom stereocenters. The standard InChI is InChI=1S/C28H23N7O2/c1-17(31-27(36)24-18(2)33-34-15-7-13-29-26(24)34)23-16-19-8-6-11-21(22-12-14-30-32-22)25(19)28(37)35(23)20-9-4-3-5-10-20/h3-17H,1-2H3,(H,30,32)(H,31,36)/t17-/m0/s1. The molecule has 0 saturated heterocycles. The molecule has 0 aliphatic rings. The molecule has 1 atom stereocenters. The lowest BCUT2D eigenvalue weighted by Gasteiger charge is -2.21. The summed E-state index contributed by atoms with van der Waals surface area (Å²) in [5.41, 5.74) is 4.16. The Balaban J connectivity index is 1.51. The van der Waals surface area contributed by atoms with Crippen molar-refractivity contribution in [2.24, 2.45) is 0 Å². The van der Waals surface area contributed by atoms with Gasteiger partial charge in [0.05, 0.1) is 22.8 Å². The number of aromatic nitrogens is 6. The van der Waals surface area contributed by atoms with Crippen LogP contribution in [-0.4, -0.2) is 35.3 Å². The molecule has 182 valence electrons. The highest BCUT2D eigenvalue weighted by molar-refractivity contribution is 6.01. The average molecular weight is 490 g/mol. The van der Waals surface area contributed by atoms with E-state index in [0.717, 1.165) is 16.6 Å². The topological polar surface area (TPSA) is 110 Å². The van der Waals surface area contributed by atoms with Crippen LogP contribution in [0.3, 0.4) is 0 Å². The Bertz CT molecular complexity index is 1820. The van der Waals surface area contributed by atoms with Crippen LogP contribution in [-0.2, 0) is 0 Å². The lowest BCUT2D eigenvalue weighted by molar-refractivity contribution is 0.0939. The molecular formula is C28H23N7O2. The van der Waals surface area contributed by atoms with Crippen molar-refractivity contribution in [3.8, 4) is 16.9 Å². The van der Waals surface area contributed by atoms with Crippen molar-refractivity contribution in [1.82, 2.24) is 34.7 Å². The molecule has 0 saturated carbocycles. The van der Waals surface area contributed by atoms with Crippen LogP contribution >= 0.6 is 0 Å². The van der Waals surface area contributed by atoms with E-state index in [9.17, 15) is 9.59 Å². The maximum Gasteiger partial charge on any atom is 0.263 e. The highest BCUT2D eigenvalue weighted by Crippen LogP contribution is 2.28. The van der Waals surface area contributed by atoms with Crippen LogP contribution in [0.2, 0.25) is 0 Å². The molecule has 2 aromatic carbocycles. The van der Waals surface area contributed by atoms with Crippen LogP contribution in [0, 0.1) is 6.92 Å². The van der Waals surface area contributed by atoms with Crippen LogP contribution in [0.1, 0.15) is 34.7 Å². The quantitative estimate of drug-likeness (QED) is 0.377. The van der Waals surface area contributed by atoms with Gasteiger partial charge < -0.3 is 5.32 Å². The molecule has 6 rings (SSSR count). The monoisotopic (exact) mass is 489 g/mol. The van der Waals surface area contributed by atoms with Crippen molar-refractivity contribution in [3.05, 3.63) is 113 Å². The first-order valence-electron chi connectivity index (χ1n) is 11.9. The van der Waals surface area contributed by atoms with Crippen molar-refractivity contribution >= 4 is 22.3 Å². The fourth-order valence-electron chi connectivity index (χ4n) is 4.78. The number of carbonyl (C=O) groups is 1. The van der Waals surface area contributed by atoms with Gasteiger partial charge in [0, 0.05) is 35.5 Å². The molecule has 9 heteroatoms. The van der Waals surface area contributed by atoms with Gasteiger partial charge in [-0.2, -0.15) is 10.2 Å². The van der Waals surface area contributed by atoms with Gasteiger partial charge in [-0.3, -0.25) is 19.3 Å². The van der Waals surface area contributed by atoms with Crippen LogP contribution in [0.15, 0.2) is 90.1 Å². The number of nitrogens with one attached hydrogen (secondary N) is 2. The van der Waals surface area contributed by atoms with Crippen LogP contribution in [0.4, 0.5) is 0 Å². The van der Waals surface area contributed by atoms with Crippen LogP contribution in [0.25, 0.3) is 33.4 Å². The average Bonchev–Trinajstić information content (AvgIpc) is 3.56. The number of aromatic amines is 1. The summed E-state index contributed by atoms with van der Waals surface area (Å²) in [6, 6.07) is 20.2. The van der Waals surface area contributed by atoms with Gasteiger partial charge in [0.1, 0.15) is 5.56 Å². The highest BCUT2D eigenvalue weighted by atomic mass is 16.2. The Morgan fingerprint density at radius 2 is 1.86 bits per heavy atom. The molecule has 4 aromatic heterocycles. The molecule has 0 aliphatic heterocycles. The summed E-state index contributed by atoms with van der Waals surface area (Å²) in [4.78, 5) is 31.9. The van der Waals surface area contributed by atoms with E-state index in [0.29, 0.717) is 33.7 Å². The SMILES string of the molecule is Cc1nn2cccnc2c1C(=O)N[C@@H](C)c1cc2cccc(-c3ccn[nH]3)c2c(=O)n1-c1ccccc1. The number of nitrogens with zero attached hydrogens (tertiary/aromatic N) is 5. The summed E-state index contributed by atoms with van der Waals surface area (Å²) < 4.78 is 3.25. The van der Waals surface area contributed by atoms with Gasteiger partial charge in [-0.05, 0) is 49.6 Å². The van der Waals surface area contributed by atoms with Gasteiger partial charge in [-0.1, -0.05) is 36.4 Å². The Hall–Kier alpha value is -5.05. The maximum atomic E-state index is 14.1. The minimum atomic E-state index is -0.501. The number of amides is 1. The molecular weight excluding hydrogens is 466 g/mol. The lowest BCUT2D eigenvalue weighted by atomic mass is 10.0. The summed E-state index contributed by atoms with van der Waals surface area (Å²) in [5.74, 6) is -0.308. The predicted octanol–water partition coefficient (Wildman–Crippen LogP) is 4.22. The minimum absolute atomic E-state index is 0.182. The zero-order valence-corrected chi connectivity index (χ0v) is 20.2. The van der Waals surface area contributed by atoms with E-state index in [2.05, 4.69) is 25.6 Å². The normalized spacial score (nSPS) is 12.2. The number of para-hydroxylation sites is 1. The van der Waals surface area contributed by atoms with Gasteiger partial charge in [0.2, 0.25) is 0 Å². The van der Waals surface area contributed by atoms with E-state index in [1.165, 1.54) is 0 Å². The summed E-state index contributed by atoms with van der Waals surface area (Å²) >= 11 is 0. The first kappa shape index (κ1) is 22.4. The molecule has 4 heterocycles. The molecule has 0 radical (unpaired) electrons. The Morgan fingerprint density at radius 3 is 2.65 bits per heavy atom. The number of hydrogen-bond donors (Lipinski definition) is 2. The molecule has 0 aliphatic carbocycles. The Morgan fingerprint density at radius 1 is 1.03 bits per heavy atom. The predicted molar refractivity (Wildman–Crippen MR) is 141 cm³/mol. The van der Waals surface area contributed by atoms with Gasteiger partial charge in [-0.15, -0.1) is 0 Å². The third-order valence-corrected chi connectivity index (χ3v) is 6.47. The summed E-state index contributed by atoms with van der Waals surface area (Å²) in [7, 11) is 0. The maximum absolute atomic E-state index is 14.1. The molecule has 2 N–H and O–H groups in total. The second kappa shape index (κ2) is 8.87. The van der Waals surface area contributed by atoms with Crippen molar-refractivity contribution in [2.45, 2.75) is 19.9 Å². The second-order valence-electron chi connectivity index (χ2n) is 8.83. The molecule has 0 fully saturated rings. The van der Waals surface area contributed by atoms with Gasteiger partial charge >= 0.3 is 0 Å². The Labute approximate surface area is 211 Å². The van der Waals surface area contributed by atoms with E-state index >= 15 is 0 Å². The largest absolute Gasteiger partial charge is 0.344 e. The summed E-state index contributed by atoms with van der Waals surface area (Å²) in [6.45, 7) is 3.65. The van der Waals surface area contributed by atoms with E-state index < -0.39 is 6.04 Å². The van der Waals surface area contributed by atoms with Crippen molar-refractivity contribution in [2.75, 3.05) is 0 Å². The van der Waals surface area contributed by atoms with Gasteiger partial charge in [0.15, 0.2) is 5.65 Å². The smallest absolute Gasteiger partial charge is 0.263 e. The molecule has 1 amide bonds. The number of fused-ring (bicyclic) bond motifs is 2. The van der Waals surface area contributed by atoms with E-state index in [4.69, 9.17) is 0 Å². The number of rotatable bonds is 5. The van der Waals surface area contributed by atoms with E-state index in [1.54, 1.807) is 40.7 Å². The van der Waals surface area contributed by atoms with Crippen molar-refractivity contribution in [3.63, 3.8) is 0 Å². The minimum Gasteiger partial charge on any atom is -0.344 e. The summed E-state index contributed by atoms with van der Waals surface area (Å²) in [6.07, 6.45) is 5.04.